The van der Waals surface area contributed by atoms with Crippen LogP contribution >= 0.6 is 23.2 Å². The number of nitrogens with one attached hydrogen (secondary N) is 1. The quantitative estimate of drug-likeness (QED) is 0.724. The Morgan fingerprint density at radius 3 is 2.25 bits per heavy atom. The van der Waals surface area contributed by atoms with Gasteiger partial charge >= 0.3 is 0 Å². The van der Waals surface area contributed by atoms with E-state index in [1.807, 2.05) is 24.3 Å². The molecule has 1 aliphatic heterocycles. The number of hydrogen-bond donors (Lipinski definition) is 1. The van der Waals surface area contributed by atoms with Crippen LogP contribution in [0.1, 0.15) is 30.9 Å². The average molecular weight is 420 g/mol. The van der Waals surface area contributed by atoms with Gasteiger partial charge in [0.05, 0.1) is 6.54 Å². The van der Waals surface area contributed by atoms with Crippen molar-refractivity contribution in [2.75, 3.05) is 38.0 Å². The maximum atomic E-state index is 12.4. The van der Waals surface area contributed by atoms with Crippen molar-refractivity contribution < 1.29 is 4.79 Å². The lowest BCUT2D eigenvalue weighted by Gasteiger charge is -2.34. The van der Waals surface area contributed by atoms with Gasteiger partial charge in [0.2, 0.25) is 5.91 Å². The number of hydrogen-bond acceptors (Lipinski definition) is 3. The summed E-state index contributed by atoms with van der Waals surface area (Å²) in [6.07, 6.45) is 0. The summed E-state index contributed by atoms with van der Waals surface area (Å²) >= 11 is 12.2. The highest BCUT2D eigenvalue weighted by molar-refractivity contribution is 6.35. The van der Waals surface area contributed by atoms with Crippen LogP contribution in [0.5, 0.6) is 0 Å². The Labute approximate surface area is 177 Å². The summed E-state index contributed by atoms with van der Waals surface area (Å²) in [4.78, 5) is 16.9. The van der Waals surface area contributed by atoms with E-state index >= 15 is 0 Å². The van der Waals surface area contributed by atoms with Gasteiger partial charge in [-0.25, -0.2) is 0 Å². The van der Waals surface area contributed by atoms with Crippen molar-refractivity contribution in [3.8, 4) is 0 Å². The van der Waals surface area contributed by atoms with Gasteiger partial charge in [-0.2, -0.15) is 0 Å². The average Bonchev–Trinajstić information content (AvgIpc) is 2.66. The highest BCUT2D eigenvalue weighted by atomic mass is 35.5. The van der Waals surface area contributed by atoms with Gasteiger partial charge in [0.25, 0.3) is 0 Å². The molecule has 0 radical (unpaired) electrons. The number of carbonyl (C=O) groups excluding carboxylic acids is 1. The van der Waals surface area contributed by atoms with Gasteiger partial charge in [0, 0.05) is 48.5 Å². The molecule has 3 rings (SSSR count). The highest BCUT2D eigenvalue weighted by Gasteiger charge is 2.19. The van der Waals surface area contributed by atoms with Crippen LogP contribution in [0.2, 0.25) is 10.0 Å². The van der Waals surface area contributed by atoms with Gasteiger partial charge in [0.1, 0.15) is 0 Å². The summed E-state index contributed by atoms with van der Waals surface area (Å²) in [5, 5.41) is 4.36. The van der Waals surface area contributed by atoms with Crippen LogP contribution in [0, 0.1) is 0 Å². The number of halogens is 2. The van der Waals surface area contributed by atoms with Crippen LogP contribution in [-0.4, -0.2) is 48.4 Å². The third kappa shape index (κ3) is 5.95. The number of carbonyl (C=O) groups is 1. The Kier molecular flexibility index (Phi) is 7.36. The first-order chi connectivity index (χ1) is 13.4. The fraction of sp³-hybridized carbons (Fsp3) is 0.409. The Hall–Kier alpha value is -1.59. The van der Waals surface area contributed by atoms with Crippen LogP contribution in [0.3, 0.4) is 0 Å². The summed E-state index contributed by atoms with van der Waals surface area (Å²) in [7, 11) is 0. The second-order valence-corrected chi connectivity index (χ2v) is 8.46. The van der Waals surface area contributed by atoms with Crippen LogP contribution in [0.4, 0.5) is 5.69 Å². The fourth-order valence-electron chi connectivity index (χ4n) is 3.35. The molecule has 28 heavy (non-hydrogen) atoms. The molecule has 2 aromatic carbocycles. The molecule has 0 spiro atoms. The van der Waals surface area contributed by atoms with Crippen molar-refractivity contribution in [1.82, 2.24) is 9.80 Å². The smallest absolute Gasteiger partial charge is 0.238 e. The number of nitrogens with zero attached hydrogens (tertiary/aromatic N) is 2. The Morgan fingerprint density at radius 2 is 1.64 bits per heavy atom. The topological polar surface area (TPSA) is 35.6 Å². The maximum Gasteiger partial charge on any atom is 0.238 e. The molecule has 4 nitrogen and oxygen atoms in total. The molecule has 0 aliphatic carbocycles. The molecule has 0 atom stereocenters. The normalized spacial score (nSPS) is 15.8. The molecule has 1 amide bonds. The summed E-state index contributed by atoms with van der Waals surface area (Å²) in [5.41, 5.74) is 3.21. The second kappa shape index (κ2) is 9.75. The van der Waals surface area contributed by atoms with E-state index in [4.69, 9.17) is 23.2 Å². The van der Waals surface area contributed by atoms with Gasteiger partial charge < -0.3 is 5.32 Å². The lowest BCUT2D eigenvalue weighted by molar-refractivity contribution is -0.117. The van der Waals surface area contributed by atoms with Crippen LogP contribution < -0.4 is 5.32 Å². The zero-order chi connectivity index (χ0) is 20.1. The minimum absolute atomic E-state index is 0.0338. The first-order valence-electron chi connectivity index (χ1n) is 9.69. The van der Waals surface area contributed by atoms with E-state index in [1.54, 1.807) is 6.07 Å². The predicted molar refractivity (Wildman–Crippen MR) is 117 cm³/mol. The Bertz CT molecular complexity index is 800. The summed E-state index contributed by atoms with van der Waals surface area (Å²) < 4.78 is 0. The molecule has 150 valence electrons. The SMILES string of the molecule is CC(C)c1ccc(NC(=O)CN2CCN(Cc3ccc(Cl)cc3Cl)CC2)cc1. The minimum Gasteiger partial charge on any atom is -0.325 e. The molecule has 1 fully saturated rings. The van der Waals surface area contributed by atoms with Crippen LogP contribution in [-0.2, 0) is 11.3 Å². The molecule has 0 unspecified atom stereocenters. The van der Waals surface area contributed by atoms with E-state index in [9.17, 15) is 4.79 Å². The molecule has 0 bridgehead atoms. The van der Waals surface area contributed by atoms with Crippen LogP contribution in [0.15, 0.2) is 42.5 Å². The number of piperazine rings is 1. The summed E-state index contributed by atoms with van der Waals surface area (Å²) in [6.45, 7) is 9.10. The maximum absolute atomic E-state index is 12.4. The molecule has 0 aromatic heterocycles. The van der Waals surface area contributed by atoms with E-state index in [-0.39, 0.29) is 5.91 Å². The van der Waals surface area contributed by atoms with Gasteiger partial charge in [0.15, 0.2) is 0 Å². The van der Waals surface area contributed by atoms with Crippen molar-refractivity contribution in [3.63, 3.8) is 0 Å². The number of benzene rings is 2. The van der Waals surface area contributed by atoms with Crippen molar-refractivity contribution >= 4 is 34.8 Å². The molecular weight excluding hydrogens is 393 g/mol. The van der Waals surface area contributed by atoms with E-state index in [2.05, 4.69) is 41.1 Å². The number of anilines is 1. The van der Waals surface area contributed by atoms with Gasteiger partial charge in [-0.1, -0.05) is 55.2 Å². The fourth-order valence-corrected chi connectivity index (χ4v) is 3.82. The standard InChI is InChI=1S/C22H27Cl2N3O/c1-16(2)17-4-7-20(8-5-17)25-22(28)15-27-11-9-26(10-12-27)14-18-3-6-19(23)13-21(18)24/h3-8,13,16H,9-12,14-15H2,1-2H3,(H,25,28). The molecule has 1 saturated heterocycles. The lowest BCUT2D eigenvalue weighted by Crippen LogP contribution is -2.48. The van der Waals surface area contributed by atoms with E-state index < -0.39 is 0 Å². The molecule has 1 heterocycles. The third-order valence-corrected chi connectivity index (χ3v) is 5.69. The number of amides is 1. The van der Waals surface area contributed by atoms with E-state index in [0.717, 1.165) is 44.0 Å². The zero-order valence-electron chi connectivity index (χ0n) is 16.4. The molecule has 2 aromatic rings. The zero-order valence-corrected chi connectivity index (χ0v) is 17.9. The van der Waals surface area contributed by atoms with Gasteiger partial charge in [-0.3, -0.25) is 14.6 Å². The van der Waals surface area contributed by atoms with Gasteiger partial charge in [-0.05, 0) is 41.3 Å². The largest absolute Gasteiger partial charge is 0.325 e. The van der Waals surface area contributed by atoms with E-state index in [1.165, 1.54) is 5.56 Å². The van der Waals surface area contributed by atoms with Crippen molar-refractivity contribution in [2.45, 2.75) is 26.3 Å². The predicted octanol–water partition coefficient (Wildman–Crippen LogP) is 4.87. The highest BCUT2D eigenvalue weighted by Crippen LogP contribution is 2.23. The molecule has 1 aliphatic rings. The Morgan fingerprint density at radius 1 is 1.00 bits per heavy atom. The third-order valence-electron chi connectivity index (χ3n) is 5.10. The number of rotatable bonds is 6. The van der Waals surface area contributed by atoms with Crippen molar-refractivity contribution in [1.29, 1.82) is 0 Å². The Balaban J connectivity index is 1.44. The minimum atomic E-state index is 0.0338. The summed E-state index contributed by atoms with van der Waals surface area (Å²) in [5.74, 6) is 0.523. The second-order valence-electron chi connectivity index (χ2n) is 7.61. The molecular formula is C22H27Cl2N3O. The van der Waals surface area contributed by atoms with Crippen LogP contribution in [0.25, 0.3) is 0 Å². The first kappa shape index (κ1) is 21.1. The molecule has 0 saturated carbocycles. The first-order valence-corrected chi connectivity index (χ1v) is 10.4. The molecule has 1 N–H and O–H groups in total. The van der Waals surface area contributed by atoms with Crippen molar-refractivity contribution in [2.24, 2.45) is 0 Å². The molecule has 6 heteroatoms. The monoisotopic (exact) mass is 419 g/mol. The van der Waals surface area contributed by atoms with Crippen molar-refractivity contribution in [3.05, 3.63) is 63.6 Å². The van der Waals surface area contributed by atoms with E-state index in [0.29, 0.717) is 22.5 Å². The lowest BCUT2D eigenvalue weighted by atomic mass is 10.0. The van der Waals surface area contributed by atoms with Gasteiger partial charge in [-0.15, -0.1) is 0 Å². The summed E-state index contributed by atoms with van der Waals surface area (Å²) in [6, 6.07) is 13.7.